The van der Waals surface area contributed by atoms with Crippen LogP contribution in [0.5, 0.6) is 0 Å². The van der Waals surface area contributed by atoms with E-state index < -0.39 is 11.9 Å². The maximum absolute atomic E-state index is 13.8. The van der Waals surface area contributed by atoms with Gasteiger partial charge in [0.05, 0.1) is 0 Å². The quantitative estimate of drug-likeness (QED) is 0.899. The molecule has 0 spiro atoms. The molecule has 0 aliphatic carbocycles. The number of aryl methyl sites for hydroxylation is 1. The summed E-state index contributed by atoms with van der Waals surface area (Å²) in [6.07, 6.45) is -0.0639. The van der Waals surface area contributed by atoms with Gasteiger partial charge in [-0.05, 0) is 29.7 Å². The fourth-order valence-corrected chi connectivity index (χ4v) is 2.48. The van der Waals surface area contributed by atoms with Crippen molar-refractivity contribution >= 4 is 15.9 Å². The maximum Gasteiger partial charge on any atom is 0.130 e. The third-order valence-corrected chi connectivity index (χ3v) is 3.64. The van der Waals surface area contributed by atoms with E-state index >= 15 is 0 Å². The van der Waals surface area contributed by atoms with Crippen molar-refractivity contribution < 1.29 is 9.50 Å². The molecule has 0 bridgehead atoms. The molecule has 2 aromatic carbocycles. The number of rotatable bonds is 3. The van der Waals surface area contributed by atoms with E-state index in [2.05, 4.69) is 15.9 Å². The van der Waals surface area contributed by atoms with Crippen molar-refractivity contribution in [3.63, 3.8) is 0 Å². The summed E-state index contributed by atoms with van der Waals surface area (Å²) < 4.78 is 14.4. The zero-order chi connectivity index (χ0) is 13.1. The summed E-state index contributed by atoms with van der Waals surface area (Å²) in [5.41, 5.74) is 2.12. The molecule has 18 heavy (non-hydrogen) atoms. The average molecular weight is 309 g/mol. The summed E-state index contributed by atoms with van der Waals surface area (Å²) >= 11 is 3.28. The number of aliphatic hydroxyl groups excluding tert-OH is 1. The molecule has 3 heteroatoms. The second-order valence-corrected chi connectivity index (χ2v) is 4.99. The van der Waals surface area contributed by atoms with Crippen LogP contribution in [0.4, 0.5) is 4.39 Å². The molecule has 0 radical (unpaired) electrons. The molecule has 0 amide bonds. The highest BCUT2D eigenvalue weighted by atomic mass is 79.9. The SMILES string of the molecule is CCc1cccc(C(O)c2c(F)cccc2Br)c1. The third kappa shape index (κ3) is 2.62. The van der Waals surface area contributed by atoms with Gasteiger partial charge in [-0.1, -0.05) is 53.2 Å². The summed E-state index contributed by atoms with van der Waals surface area (Å²) in [6, 6.07) is 12.3. The minimum absolute atomic E-state index is 0.283. The molecule has 2 aromatic rings. The standard InChI is InChI=1S/C15H14BrFO/c1-2-10-5-3-6-11(9-10)15(18)14-12(16)7-4-8-13(14)17/h3-9,15,18H,2H2,1H3. The Morgan fingerprint density at radius 2 is 1.94 bits per heavy atom. The smallest absolute Gasteiger partial charge is 0.130 e. The molecule has 94 valence electrons. The molecule has 0 saturated heterocycles. The first-order chi connectivity index (χ1) is 8.63. The van der Waals surface area contributed by atoms with E-state index in [1.165, 1.54) is 6.07 Å². The van der Waals surface area contributed by atoms with Gasteiger partial charge in [-0.3, -0.25) is 0 Å². The number of benzene rings is 2. The third-order valence-electron chi connectivity index (χ3n) is 2.95. The second kappa shape index (κ2) is 5.63. The predicted octanol–water partition coefficient (Wildman–Crippen LogP) is 4.23. The second-order valence-electron chi connectivity index (χ2n) is 4.14. The van der Waals surface area contributed by atoms with Gasteiger partial charge in [-0.15, -0.1) is 0 Å². The van der Waals surface area contributed by atoms with Crippen molar-refractivity contribution in [1.82, 2.24) is 0 Å². The first kappa shape index (κ1) is 13.2. The van der Waals surface area contributed by atoms with Crippen molar-refractivity contribution in [2.45, 2.75) is 19.4 Å². The summed E-state index contributed by atoms with van der Waals surface area (Å²) in [7, 11) is 0. The summed E-state index contributed by atoms with van der Waals surface area (Å²) in [6.45, 7) is 2.05. The van der Waals surface area contributed by atoms with Crippen LogP contribution in [0.3, 0.4) is 0 Å². The van der Waals surface area contributed by atoms with Crippen molar-refractivity contribution in [3.8, 4) is 0 Å². The van der Waals surface area contributed by atoms with Crippen LogP contribution in [0.1, 0.15) is 29.7 Å². The van der Waals surface area contributed by atoms with Crippen LogP contribution < -0.4 is 0 Å². The van der Waals surface area contributed by atoms with Gasteiger partial charge < -0.3 is 5.11 Å². The molecule has 0 aliphatic rings. The van der Waals surface area contributed by atoms with Gasteiger partial charge >= 0.3 is 0 Å². The van der Waals surface area contributed by atoms with Crippen LogP contribution >= 0.6 is 15.9 Å². The Labute approximate surface area is 114 Å². The van der Waals surface area contributed by atoms with Crippen LogP contribution in [0.25, 0.3) is 0 Å². The molecule has 1 atom stereocenters. The van der Waals surface area contributed by atoms with E-state index in [0.29, 0.717) is 10.0 Å². The topological polar surface area (TPSA) is 20.2 Å². The van der Waals surface area contributed by atoms with E-state index in [1.807, 2.05) is 31.2 Å². The van der Waals surface area contributed by atoms with E-state index in [9.17, 15) is 9.50 Å². The van der Waals surface area contributed by atoms with Crippen LogP contribution in [0.15, 0.2) is 46.9 Å². The van der Waals surface area contributed by atoms with Gasteiger partial charge in [-0.2, -0.15) is 0 Å². The molecule has 0 aliphatic heterocycles. The molecule has 2 rings (SSSR count). The zero-order valence-electron chi connectivity index (χ0n) is 10.0. The molecule has 0 aromatic heterocycles. The molecule has 0 fully saturated rings. The lowest BCUT2D eigenvalue weighted by atomic mass is 9.99. The van der Waals surface area contributed by atoms with Crippen LogP contribution in [-0.4, -0.2) is 5.11 Å². The Balaban J connectivity index is 2.44. The summed E-state index contributed by atoms with van der Waals surface area (Å²) in [4.78, 5) is 0. The zero-order valence-corrected chi connectivity index (χ0v) is 11.6. The van der Waals surface area contributed by atoms with E-state index in [1.54, 1.807) is 12.1 Å². The molecule has 1 N–H and O–H groups in total. The van der Waals surface area contributed by atoms with E-state index in [0.717, 1.165) is 12.0 Å². The Hall–Kier alpha value is -1.19. The van der Waals surface area contributed by atoms with Crippen molar-refractivity contribution in [1.29, 1.82) is 0 Å². The lowest BCUT2D eigenvalue weighted by Gasteiger charge is -2.15. The largest absolute Gasteiger partial charge is 0.384 e. The minimum Gasteiger partial charge on any atom is -0.384 e. The lowest BCUT2D eigenvalue weighted by molar-refractivity contribution is 0.214. The maximum atomic E-state index is 13.8. The summed E-state index contributed by atoms with van der Waals surface area (Å²) in [5, 5.41) is 10.3. The van der Waals surface area contributed by atoms with Gasteiger partial charge in [0.2, 0.25) is 0 Å². The van der Waals surface area contributed by atoms with Gasteiger partial charge in [0.15, 0.2) is 0 Å². The van der Waals surface area contributed by atoms with Gasteiger partial charge in [-0.25, -0.2) is 4.39 Å². The molecule has 0 heterocycles. The predicted molar refractivity (Wildman–Crippen MR) is 74.0 cm³/mol. The Morgan fingerprint density at radius 1 is 1.22 bits per heavy atom. The monoisotopic (exact) mass is 308 g/mol. The van der Waals surface area contributed by atoms with Gasteiger partial charge in [0.1, 0.15) is 11.9 Å². The highest BCUT2D eigenvalue weighted by Crippen LogP contribution is 2.31. The first-order valence-electron chi connectivity index (χ1n) is 5.84. The molecule has 0 saturated carbocycles. The number of halogens is 2. The Kier molecular flexibility index (Phi) is 4.15. The van der Waals surface area contributed by atoms with Crippen molar-refractivity contribution in [3.05, 3.63) is 69.4 Å². The number of aliphatic hydroxyl groups is 1. The fraction of sp³-hybridized carbons (Fsp3) is 0.200. The number of hydrogen-bond donors (Lipinski definition) is 1. The Morgan fingerprint density at radius 3 is 2.61 bits per heavy atom. The Bertz CT molecular complexity index is 534. The summed E-state index contributed by atoms with van der Waals surface area (Å²) in [5.74, 6) is -0.404. The van der Waals surface area contributed by atoms with Crippen molar-refractivity contribution in [2.75, 3.05) is 0 Å². The van der Waals surface area contributed by atoms with Gasteiger partial charge in [0.25, 0.3) is 0 Å². The molecule has 1 unspecified atom stereocenters. The average Bonchev–Trinajstić information content (AvgIpc) is 2.38. The van der Waals surface area contributed by atoms with Crippen LogP contribution in [0.2, 0.25) is 0 Å². The molecular weight excluding hydrogens is 295 g/mol. The van der Waals surface area contributed by atoms with Crippen LogP contribution in [-0.2, 0) is 6.42 Å². The number of hydrogen-bond acceptors (Lipinski definition) is 1. The van der Waals surface area contributed by atoms with E-state index in [-0.39, 0.29) is 5.56 Å². The highest BCUT2D eigenvalue weighted by Gasteiger charge is 2.18. The normalized spacial score (nSPS) is 12.4. The van der Waals surface area contributed by atoms with Gasteiger partial charge in [0, 0.05) is 10.0 Å². The molecule has 1 nitrogen and oxygen atoms in total. The van der Waals surface area contributed by atoms with Crippen LogP contribution in [0, 0.1) is 5.82 Å². The minimum atomic E-state index is -0.952. The lowest BCUT2D eigenvalue weighted by Crippen LogP contribution is -2.04. The first-order valence-corrected chi connectivity index (χ1v) is 6.63. The van der Waals surface area contributed by atoms with E-state index in [4.69, 9.17) is 0 Å². The van der Waals surface area contributed by atoms with Crippen molar-refractivity contribution in [2.24, 2.45) is 0 Å². The highest BCUT2D eigenvalue weighted by molar-refractivity contribution is 9.10. The fourth-order valence-electron chi connectivity index (χ4n) is 1.92. The molecular formula is C15H14BrFO.